The van der Waals surface area contributed by atoms with Gasteiger partial charge < -0.3 is 9.64 Å². The first-order valence-electron chi connectivity index (χ1n) is 7.78. The Morgan fingerprint density at radius 1 is 1.10 bits per heavy atom. The molecule has 1 unspecified atom stereocenters. The van der Waals surface area contributed by atoms with Gasteiger partial charge in [0.05, 0.1) is 6.61 Å². The van der Waals surface area contributed by atoms with E-state index in [1.54, 1.807) is 0 Å². The fourth-order valence-corrected chi connectivity index (χ4v) is 2.79. The van der Waals surface area contributed by atoms with Crippen molar-refractivity contribution in [3.63, 3.8) is 0 Å². The lowest BCUT2D eigenvalue weighted by Gasteiger charge is -2.33. The molecule has 0 N–H and O–H groups in total. The number of ether oxygens (including phenoxy) is 1. The minimum absolute atomic E-state index is 0. The quantitative estimate of drug-likeness (QED) is 0.667. The summed E-state index contributed by atoms with van der Waals surface area (Å²) in [6.07, 6.45) is 7.94. The second kappa shape index (κ2) is 9.82. The number of benzene rings is 1. The fourth-order valence-electron chi connectivity index (χ4n) is 2.79. The molecule has 0 amide bonds. The number of piperidine rings is 1. The van der Waals surface area contributed by atoms with Crippen LogP contribution >= 0.6 is 0 Å². The van der Waals surface area contributed by atoms with Crippen LogP contribution < -0.4 is 4.74 Å². The van der Waals surface area contributed by atoms with Gasteiger partial charge in [0.15, 0.2) is 0 Å². The summed E-state index contributed by atoms with van der Waals surface area (Å²) in [7, 11) is 0. The largest absolute Gasteiger partial charge is 0.494 e. The highest BCUT2D eigenvalue weighted by molar-refractivity contribution is 5.20. The Kier molecular flexibility index (Phi) is 8.36. The van der Waals surface area contributed by atoms with Crippen LogP contribution in [0.5, 0.6) is 5.75 Å². The highest BCUT2D eigenvalue weighted by Gasteiger charge is 2.16. The standard InChI is InChI=1S/C17H27NO.CH4/c1-16-10-6-8-14-18(16)13-7-3-9-15-19-17-11-4-2-5-12-17;/h2,4-5,11-12,16H,3,6-10,13-15H2,1H3;1H4. The maximum absolute atomic E-state index is 5.71. The fraction of sp³-hybridized carbons (Fsp3) is 0.667. The van der Waals surface area contributed by atoms with Crippen LogP contribution in [0, 0.1) is 0 Å². The molecule has 0 aromatic heterocycles. The van der Waals surface area contributed by atoms with Gasteiger partial charge >= 0.3 is 0 Å². The summed E-state index contributed by atoms with van der Waals surface area (Å²) < 4.78 is 5.71. The molecule has 114 valence electrons. The smallest absolute Gasteiger partial charge is 0.119 e. The first-order valence-corrected chi connectivity index (χ1v) is 7.78. The molecule has 1 aromatic rings. The van der Waals surface area contributed by atoms with E-state index in [0.29, 0.717) is 0 Å². The first kappa shape index (κ1) is 17.0. The molecule has 0 saturated carbocycles. The Balaban J connectivity index is 0.00000200. The second-order valence-corrected chi connectivity index (χ2v) is 5.60. The van der Waals surface area contributed by atoms with Crippen molar-refractivity contribution in [3.8, 4) is 5.75 Å². The lowest BCUT2D eigenvalue weighted by Crippen LogP contribution is -2.37. The van der Waals surface area contributed by atoms with Crippen molar-refractivity contribution in [1.29, 1.82) is 0 Å². The van der Waals surface area contributed by atoms with Gasteiger partial charge in [0.25, 0.3) is 0 Å². The van der Waals surface area contributed by atoms with Gasteiger partial charge in [0.2, 0.25) is 0 Å². The molecular weight excluding hydrogens is 246 g/mol. The van der Waals surface area contributed by atoms with Gasteiger partial charge in [-0.2, -0.15) is 0 Å². The summed E-state index contributed by atoms with van der Waals surface area (Å²) in [5.41, 5.74) is 0. The van der Waals surface area contributed by atoms with Crippen LogP contribution in [0.3, 0.4) is 0 Å². The third-order valence-electron chi connectivity index (χ3n) is 4.04. The molecular formula is C18H31NO. The highest BCUT2D eigenvalue weighted by atomic mass is 16.5. The topological polar surface area (TPSA) is 12.5 Å². The summed E-state index contributed by atoms with van der Waals surface area (Å²) in [5, 5.41) is 0. The summed E-state index contributed by atoms with van der Waals surface area (Å²) >= 11 is 0. The lowest BCUT2D eigenvalue weighted by molar-refractivity contribution is 0.156. The molecule has 1 saturated heterocycles. The van der Waals surface area contributed by atoms with Crippen LogP contribution in [0.25, 0.3) is 0 Å². The number of likely N-dealkylation sites (tertiary alicyclic amines) is 1. The van der Waals surface area contributed by atoms with Gasteiger partial charge in [0.1, 0.15) is 5.75 Å². The first-order chi connectivity index (χ1) is 9.36. The van der Waals surface area contributed by atoms with E-state index >= 15 is 0 Å². The number of nitrogens with zero attached hydrogens (tertiary/aromatic N) is 1. The number of unbranched alkanes of at least 4 members (excludes halogenated alkanes) is 2. The zero-order valence-corrected chi connectivity index (χ0v) is 12.2. The van der Waals surface area contributed by atoms with Gasteiger partial charge in [-0.1, -0.05) is 32.0 Å². The van der Waals surface area contributed by atoms with Crippen molar-refractivity contribution >= 4 is 0 Å². The molecule has 0 aliphatic carbocycles. The molecule has 0 spiro atoms. The Hall–Kier alpha value is -1.02. The summed E-state index contributed by atoms with van der Waals surface area (Å²) in [5.74, 6) is 0.993. The van der Waals surface area contributed by atoms with Crippen LogP contribution in [0.1, 0.15) is 52.9 Å². The van der Waals surface area contributed by atoms with E-state index in [1.165, 1.54) is 45.2 Å². The van der Waals surface area contributed by atoms with Gasteiger partial charge in [-0.05, 0) is 64.3 Å². The Morgan fingerprint density at radius 3 is 2.65 bits per heavy atom. The summed E-state index contributed by atoms with van der Waals surface area (Å²) in [6, 6.07) is 10.9. The average molecular weight is 277 g/mol. The monoisotopic (exact) mass is 277 g/mol. The highest BCUT2D eigenvalue weighted by Crippen LogP contribution is 2.17. The normalized spacial score (nSPS) is 19.4. The van der Waals surface area contributed by atoms with Crippen LogP contribution in [0.2, 0.25) is 0 Å². The molecule has 0 radical (unpaired) electrons. The molecule has 20 heavy (non-hydrogen) atoms. The molecule has 1 heterocycles. The minimum atomic E-state index is 0. The summed E-state index contributed by atoms with van der Waals surface area (Å²) in [4.78, 5) is 2.65. The molecule has 2 nitrogen and oxygen atoms in total. The molecule has 1 aliphatic heterocycles. The van der Waals surface area contributed by atoms with Crippen molar-refractivity contribution in [1.82, 2.24) is 4.90 Å². The average Bonchev–Trinajstić information content (AvgIpc) is 2.45. The molecule has 1 fully saturated rings. The van der Waals surface area contributed by atoms with E-state index in [0.717, 1.165) is 24.8 Å². The van der Waals surface area contributed by atoms with Gasteiger partial charge in [0, 0.05) is 6.04 Å². The Bertz CT molecular complexity index is 339. The maximum atomic E-state index is 5.71. The minimum Gasteiger partial charge on any atom is -0.494 e. The predicted octanol–water partition coefficient (Wildman–Crippen LogP) is 4.75. The number of hydrogen-bond donors (Lipinski definition) is 0. The second-order valence-electron chi connectivity index (χ2n) is 5.60. The molecule has 2 heteroatoms. The summed E-state index contributed by atoms with van der Waals surface area (Å²) in [6.45, 7) is 5.80. The Morgan fingerprint density at radius 2 is 1.90 bits per heavy atom. The third-order valence-corrected chi connectivity index (χ3v) is 4.04. The van der Waals surface area contributed by atoms with Crippen molar-refractivity contribution in [2.24, 2.45) is 0 Å². The van der Waals surface area contributed by atoms with E-state index in [4.69, 9.17) is 4.74 Å². The van der Waals surface area contributed by atoms with E-state index in [-0.39, 0.29) is 7.43 Å². The van der Waals surface area contributed by atoms with Crippen LogP contribution in [0.15, 0.2) is 30.3 Å². The molecule has 1 atom stereocenters. The van der Waals surface area contributed by atoms with Gasteiger partial charge in [-0.25, -0.2) is 0 Å². The van der Waals surface area contributed by atoms with Crippen LogP contribution in [-0.2, 0) is 0 Å². The van der Waals surface area contributed by atoms with Crippen molar-refractivity contribution < 1.29 is 4.74 Å². The van der Waals surface area contributed by atoms with Crippen molar-refractivity contribution in [2.45, 2.75) is 58.9 Å². The zero-order chi connectivity index (χ0) is 13.3. The molecule has 1 aromatic carbocycles. The molecule has 0 bridgehead atoms. The molecule has 2 rings (SSSR count). The maximum Gasteiger partial charge on any atom is 0.119 e. The number of hydrogen-bond acceptors (Lipinski definition) is 2. The van der Waals surface area contributed by atoms with Gasteiger partial charge in [-0.3, -0.25) is 0 Å². The van der Waals surface area contributed by atoms with Crippen LogP contribution in [0.4, 0.5) is 0 Å². The van der Waals surface area contributed by atoms with Crippen LogP contribution in [-0.4, -0.2) is 30.6 Å². The van der Waals surface area contributed by atoms with E-state index in [1.807, 2.05) is 30.3 Å². The lowest BCUT2D eigenvalue weighted by atomic mass is 10.0. The van der Waals surface area contributed by atoms with E-state index in [9.17, 15) is 0 Å². The Labute approximate surface area is 125 Å². The predicted molar refractivity (Wildman–Crippen MR) is 87.4 cm³/mol. The number of rotatable bonds is 7. The zero-order valence-electron chi connectivity index (χ0n) is 12.2. The van der Waals surface area contributed by atoms with E-state index in [2.05, 4.69) is 11.8 Å². The van der Waals surface area contributed by atoms with Crippen molar-refractivity contribution in [3.05, 3.63) is 30.3 Å². The third kappa shape index (κ3) is 5.96. The molecule has 1 aliphatic rings. The SMILES string of the molecule is C.CC1CCCCN1CCCCCOc1ccccc1. The van der Waals surface area contributed by atoms with Crippen molar-refractivity contribution in [2.75, 3.05) is 19.7 Å². The van der Waals surface area contributed by atoms with Gasteiger partial charge in [-0.15, -0.1) is 0 Å². The number of para-hydroxylation sites is 1. The van der Waals surface area contributed by atoms with E-state index < -0.39 is 0 Å².